The molecule has 0 atom stereocenters. The lowest BCUT2D eigenvalue weighted by Gasteiger charge is -2.16. The molecule has 0 spiro atoms. The van der Waals surface area contributed by atoms with Crippen LogP contribution in [0.25, 0.3) is 0 Å². The van der Waals surface area contributed by atoms with Gasteiger partial charge in [0.1, 0.15) is 5.82 Å². The van der Waals surface area contributed by atoms with Crippen molar-refractivity contribution in [3.05, 3.63) is 44.7 Å². The number of nitrogen functional groups attached to an aromatic ring is 1. The van der Waals surface area contributed by atoms with Gasteiger partial charge in [0.25, 0.3) is 5.91 Å². The number of carbonyl (C=O) groups is 1. The summed E-state index contributed by atoms with van der Waals surface area (Å²) in [4.78, 5) is 18.8. The number of pyridine rings is 1. The maximum atomic E-state index is 12.1. The summed E-state index contributed by atoms with van der Waals surface area (Å²) in [7, 11) is 1.77. The molecule has 2 heterocycles. The van der Waals surface area contributed by atoms with E-state index in [9.17, 15) is 4.79 Å². The summed E-state index contributed by atoms with van der Waals surface area (Å²) in [5, 5.41) is 2.00. The lowest BCUT2D eigenvalue weighted by atomic mass is 10.2. The highest BCUT2D eigenvalue weighted by Gasteiger charge is 2.13. The zero-order valence-corrected chi connectivity index (χ0v) is 12.2. The molecule has 0 bridgehead atoms. The van der Waals surface area contributed by atoms with Crippen molar-refractivity contribution in [2.75, 3.05) is 12.8 Å². The molecule has 94 valence electrons. The number of thiophene rings is 1. The fourth-order valence-corrected chi connectivity index (χ4v) is 3.05. The summed E-state index contributed by atoms with van der Waals surface area (Å²) in [6.07, 6.45) is 1.54. The SMILES string of the molecule is CN(Cc1cc(Br)cs1)C(=O)c1ccnc(N)c1. The zero-order valence-electron chi connectivity index (χ0n) is 9.76. The fraction of sp³-hybridized carbons (Fsp3) is 0.167. The molecular weight excluding hydrogens is 314 g/mol. The van der Waals surface area contributed by atoms with E-state index in [4.69, 9.17) is 5.73 Å². The number of nitrogens with two attached hydrogens (primary N) is 1. The van der Waals surface area contributed by atoms with Crippen molar-refractivity contribution in [1.29, 1.82) is 0 Å². The largest absolute Gasteiger partial charge is 0.384 e. The Morgan fingerprint density at radius 1 is 1.56 bits per heavy atom. The van der Waals surface area contributed by atoms with Crippen molar-refractivity contribution in [3.8, 4) is 0 Å². The number of hydrogen-bond donors (Lipinski definition) is 1. The Balaban J connectivity index is 2.09. The molecule has 0 aliphatic heterocycles. The molecule has 0 aliphatic rings. The van der Waals surface area contributed by atoms with Crippen LogP contribution in [0.2, 0.25) is 0 Å². The predicted octanol–water partition coefficient (Wildman–Crippen LogP) is 2.76. The third kappa shape index (κ3) is 3.08. The lowest BCUT2D eigenvalue weighted by molar-refractivity contribution is 0.0786. The summed E-state index contributed by atoms with van der Waals surface area (Å²) < 4.78 is 1.04. The molecule has 18 heavy (non-hydrogen) atoms. The van der Waals surface area contributed by atoms with E-state index < -0.39 is 0 Å². The van der Waals surface area contributed by atoms with Crippen LogP contribution in [0.5, 0.6) is 0 Å². The minimum atomic E-state index is -0.0615. The minimum absolute atomic E-state index is 0.0615. The molecule has 6 heteroatoms. The molecule has 0 saturated carbocycles. The Morgan fingerprint density at radius 3 is 2.94 bits per heavy atom. The normalized spacial score (nSPS) is 10.3. The highest BCUT2D eigenvalue weighted by Crippen LogP contribution is 2.21. The second kappa shape index (κ2) is 5.49. The van der Waals surface area contributed by atoms with Crippen LogP contribution in [0.4, 0.5) is 5.82 Å². The summed E-state index contributed by atoms with van der Waals surface area (Å²) >= 11 is 5.01. The summed E-state index contributed by atoms with van der Waals surface area (Å²) in [6, 6.07) is 5.26. The second-order valence-electron chi connectivity index (χ2n) is 3.86. The van der Waals surface area contributed by atoms with Gasteiger partial charge in [-0.05, 0) is 34.1 Å². The summed E-state index contributed by atoms with van der Waals surface area (Å²) in [5.74, 6) is 0.293. The van der Waals surface area contributed by atoms with Crippen LogP contribution in [0.3, 0.4) is 0 Å². The number of halogens is 1. The standard InChI is InChI=1S/C12H12BrN3OS/c1-16(6-10-5-9(13)7-18-10)12(17)8-2-3-15-11(14)4-8/h2-5,7H,6H2,1H3,(H2,14,15). The molecular formula is C12H12BrN3OS. The average Bonchev–Trinajstić information content (AvgIpc) is 2.73. The maximum Gasteiger partial charge on any atom is 0.254 e. The van der Waals surface area contributed by atoms with E-state index in [1.165, 1.54) is 6.20 Å². The van der Waals surface area contributed by atoms with Crippen LogP contribution in [-0.4, -0.2) is 22.8 Å². The Bertz CT molecular complexity index is 570. The fourth-order valence-electron chi connectivity index (χ4n) is 1.54. The van der Waals surface area contributed by atoms with Gasteiger partial charge >= 0.3 is 0 Å². The third-order valence-corrected chi connectivity index (χ3v) is 4.07. The van der Waals surface area contributed by atoms with Crippen molar-refractivity contribution in [1.82, 2.24) is 9.88 Å². The van der Waals surface area contributed by atoms with Crippen LogP contribution in [0.15, 0.2) is 34.2 Å². The first-order valence-corrected chi connectivity index (χ1v) is 6.93. The van der Waals surface area contributed by atoms with E-state index in [1.54, 1.807) is 35.4 Å². The van der Waals surface area contributed by atoms with Crippen molar-refractivity contribution in [2.24, 2.45) is 0 Å². The van der Waals surface area contributed by atoms with Gasteiger partial charge in [0.05, 0.1) is 6.54 Å². The monoisotopic (exact) mass is 325 g/mol. The first-order valence-electron chi connectivity index (χ1n) is 5.26. The summed E-state index contributed by atoms with van der Waals surface area (Å²) in [6.45, 7) is 0.581. The van der Waals surface area contributed by atoms with Gasteiger partial charge in [0.2, 0.25) is 0 Å². The van der Waals surface area contributed by atoms with Crippen LogP contribution >= 0.6 is 27.3 Å². The van der Waals surface area contributed by atoms with E-state index in [0.717, 1.165) is 9.35 Å². The van der Waals surface area contributed by atoms with Gasteiger partial charge in [-0.25, -0.2) is 4.98 Å². The highest BCUT2D eigenvalue weighted by molar-refractivity contribution is 9.10. The number of aromatic nitrogens is 1. The molecule has 1 amide bonds. The quantitative estimate of drug-likeness (QED) is 0.943. The van der Waals surface area contributed by atoms with E-state index >= 15 is 0 Å². The van der Waals surface area contributed by atoms with Crippen LogP contribution in [-0.2, 0) is 6.54 Å². The number of hydrogen-bond acceptors (Lipinski definition) is 4. The summed E-state index contributed by atoms with van der Waals surface area (Å²) in [5.41, 5.74) is 6.12. The van der Waals surface area contributed by atoms with Gasteiger partial charge in [-0.15, -0.1) is 11.3 Å². The van der Waals surface area contributed by atoms with E-state index in [-0.39, 0.29) is 5.91 Å². The van der Waals surface area contributed by atoms with Crippen molar-refractivity contribution >= 4 is 39.0 Å². The molecule has 2 N–H and O–H groups in total. The molecule has 4 nitrogen and oxygen atoms in total. The zero-order chi connectivity index (χ0) is 13.1. The Morgan fingerprint density at radius 2 is 2.33 bits per heavy atom. The van der Waals surface area contributed by atoms with Crippen molar-refractivity contribution in [2.45, 2.75) is 6.54 Å². The van der Waals surface area contributed by atoms with Gasteiger partial charge in [-0.1, -0.05) is 0 Å². The number of rotatable bonds is 3. The smallest absolute Gasteiger partial charge is 0.254 e. The maximum absolute atomic E-state index is 12.1. The number of carbonyl (C=O) groups excluding carboxylic acids is 1. The Kier molecular flexibility index (Phi) is 3.98. The number of amides is 1. The third-order valence-electron chi connectivity index (χ3n) is 2.39. The average molecular weight is 326 g/mol. The van der Waals surface area contributed by atoms with Gasteiger partial charge < -0.3 is 10.6 Å². The molecule has 0 aromatic carbocycles. The molecule has 2 aromatic rings. The number of nitrogens with zero attached hydrogens (tertiary/aromatic N) is 2. The molecule has 0 radical (unpaired) electrons. The topological polar surface area (TPSA) is 59.2 Å². The highest BCUT2D eigenvalue weighted by atomic mass is 79.9. The molecule has 2 rings (SSSR count). The van der Waals surface area contributed by atoms with Crippen molar-refractivity contribution < 1.29 is 4.79 Å². The van der Waals surface area contributed by atoms with Crippen molar-refractivity contribution in [3.63, 3.8) is 0 Å². The molecule has 2 aromatic heterocycles. The predicted molar refractivity (Wildman–Crippen MR) is 76.5 cm³/mol. The second-order valence-corrected chi connectivity index (χ2v) is 5.77. The van der Waals surface area contributed by atoms with E-state index in [2.05, 4.69) is 20.9 Å². The van der Waals surface area contributed by atoms with Crippen LogP contribution in [0.1, 0.15) is 15.2 Å². The van der Waals surface area contributed by atoms with E-state index in [0.29, 0.717) is 17.9 Å². The van der Waals surface area contributed by atoms with Crippen LogP contribution in [0, 0.1) is 0 Å². The number of anilines is 1. The van der Waals surface area contributed by atoms with Gasteiger partial charge in [0.15, 0.2) is 0 Å². The molecule has 0 saturated heterocycles. The lowest BCUT2D eigenvalue weighted by Crippen LogP contribution is -2.25. The van der Waals surface area contributed by atoms with Crippen LogP contribution < -0.4 is 5.73 Å². The molecule has 0 aliphatic carbocycles. The van der Waals surface area contributed by atoms with E-state index in [1.807, 2.05) is 11.4 Å². The van der Waals surface area contributed by atoms with Gasteiger partial charge in [-0.3, -0.25) is 4.79 Å². The Hall–Kier alpha value is -1.40. The first-order chi connectivity index (χ1) is 8.56. The van der Waals surface area contributed by atoms with Gasteiger partial charge in [-0.2, -0.15) is 0 Å². The molecule has 0 fully saturated rings. The minimum Gasteiger partial charge on any atom is -0.384 e. The first kappa shape index (κ1) is 13.0. The van der Waals surface area contributed by atoms with Gasteiger partial charge in [0, 0.05) is 33.5 Å². The molecule has 0 unspecified atom stereocenters. The Labute approximate surface area is 118 Å².